The molecule has 1 unspecified atom stereocenters. The number of benzene rings is 2. The molecular weight excluding hydrogens is 392 g/mol. The normalized spacial score (nSPS) is 18.1. The molecule has 1 fully saturated rings. The van der Waals surface area contributed by atoms with Crippen molar-refractivity contribution >= 4 is 23.6 Å². The van der Waals surface area contributed by atoms with Crippen molar-refractivity contribution < 1.29 is 14.3 Å². The number of imide groups is 1. The Labute approximate surface area is 173 Å². The average molecular weight is 413 g/mol. The summed E-state index contributed by atoms with van der Waals surface area (Å²) in [7, 11) is 0. The SMILES string of the molecule is CC(C)[C@H](c1ccc(Cl)cc1)C(N=[N+]=[N-])C(=O)N1C(=O)OC[C@@H]1c1ccccc1. The number of halogens is 1. The van der Waals surface area contributed by atoms with E-state index in [1.165, 1.54) is 0 Å². The molecule has 3 atom stereocenters. The monoisotopic (exact) mass is 412 g/mol. The first-order valence-electron chi connectivity index (χ1n) is 9.28. The third-order valence-electron chi connectivity index (χ3n) is 5.04. The molecule has 29 heavy (non-hydrogen) atoms. The van der Waals surface area contributed by atoms with E-state index >= 15 is 0 Å². The van der Waals surface area contributed by atoms with E-state index in [2.05, 4.69) is 10.0 Å². The van der Waals surface area contributed by atoms with Gasteiger partial charge in [-0.2, -0.15) is 0 Å². The van der Waals surface area contributed by atoms with Crippen LogP contribution in [-0.2, 0) is 9.53 Å². The van der Waals surface area contributed by atoms with Crippen LogP contribution >= 0.6 is 11.6 Å². The zero-order valence-corrected chi connectivity index (χ0v) is 16.9. The van der Waals surface area contributed by atoms with Gasteiger partial charge in [0.05, 0.1) is 0 Å². The Morgan fingerprint density at radius 3 is 2.45 bits per heavy atom. The summed E-state index contributed by atoms with van der Waals surface area (Å²) in [5, 5.41) is 4.37. The second-order valence-corrected chi connectivity index (χ2v) is 7.62. The van der Waals surface area contributed by atoms with Crippen LogP contribution in [0.25, 0.3) is 10.4 Å². The summed E-state index contributed by atoms with van der Waals surface area (Å²) in [6.07, 6.45) is -0.736. The lowest BCUT2D eigenvalue weighted by atomic mass is 9.82. The molecule has 0 spiro atoms. The molecule has 2 aromatic rings. The Kier molecular flexibility index (Phi) is 6.42. The van der Waals surface area contributed by atoms with Crippen LogP contribution in [0.3, 0.4) is 0 Å². The van der Waals surface area contributed by atoms with Crippen LogP contribution in [0.1, 0.15) is 36.9 Å². The van der Waals surface area contributed by atoms with Gasteiger partial charge in [0.15, 0.2) is 0 Å². The van der Waals surface area contributed by atoms with E-state index in [1.54, 1.807) is 24.3 Å². The fourth-order valence-electron chi connectivity index (χ4n) is 3.68. The summed E-state index contributed by atoms with van der Waals surface area (Å²) >= 11 is 5.99. The van der Waals surface area contributed by atoms with Crippen LogP contribution in [0.4, 0.5) is 4.79 Å². The molecular formula is C21H21ClN4O3. The van der Waals surface area contributed by atoms with Gasteiger partial charge in [-0.3, -0.25) is 4.79 Å². The summed E-state index contributed by atoms with van der Waals surface area (Å²) in [5.41, 5.74) is 10.7. The van der Waals surface area contributed by atoms with Gasteiger partial charge in [-0.15, -0.1) is 0 Å². The van der Waals surface area contributed by atoms with Gasteiger partial charge in [-0.25, -0.2) is 9.69 Å². The number of ether oxygens (including phenoxy) is 1. The highest BCUT2D eigenvalue weighted by Crippen LogP contribution is 2.35. The molecule has 7 nitrogen and oxygen atoms in total. The minimum Gasteiger partial charge on any atom is -0.446 e. The first kappa shape index (κ1) is 20.7. The molecule has 0 saturated carbocycles. The molecule has 0 N–H and O–H groups in total. The summed E-state index contributed by atoms with van der Waals surface area (Å²) in [5.74, 6) is -1.04. The minimum absolute atomic E-state index is 0.0376. The summed E-state index contributed by atoms with van der Waals surface area (Å²) in [4.78, 5) is 29.8. The first-order valence-corrected chi connectivity index (χ1v) is 9.66. The van der Waals surface area contributed by atoms with Gasteiger partial charge in [0.1, 0.15) is 18.7 Å². The van der Waals surface area contributed by atoms with E-state index in [1.807, 2.05) is 44.2 Å². The number of rotatable bonds is 6. The van der Waals surface area contributed by atoms with Crippen LogP contribution in [0.15, 0.2) is 59.7 Å². The van der Waals surface area contributed by atoms with E-state index in [0.717, 1.165) is 16.0 Å². The quantitative estimate of drug-likeness (QED) is 0.357. The first-order chi connectivity index (χ1) is 13.9. The number of azide groups is 1. The van der Waals surface area contributed by atoms with Crippen molar-refractivity contribution in [2.75, 3.05) is 6.61 Å². The largest absolute Gasteiger partial charge is 0.446 e. The highest BCUT2D eigenvalue weighted by atomic mass is 35.5. The second-order valence-electron chi connectivity index (χ2n) is 7.18. The number of hydrogen-bond acceptors (Lipinski definition) is 4. The molecule has 2 amide bonds. The Hall–Kier alpha value is -3.02. The topological polar surface area (TPSA) is 95.4 Å². The zero-order chi connectivity index (χ0) is 21.0. The second kappa shape index (κ2) is 8.99. The van der Waals surface area contributed by atoms with Gasteiger partial charge in [-0.1, -0.05) is 73.0 Å². The Bertz CT molecular complexity index is 927. The molecule has 2 aromatic carbocycles. The van der Waals surface area contributed by atoms with Crippen LogP contribution in [0, 0.1) is 5.92 Å². The van der Waals surface area contributed by atoms with Crippen molar-refractivity contribution in [2.24, 2.45) is 11.0 Å². The van der Waals surface area contributed by atoms with Gasteiger partial charge < -0.3 is 4.74 Å². The lowest BCUT2D eigenvalue weighted by molar-refractivity contribution is -0.131. The maximum Gasteiger partial charge on any atom is 0.417 e. The molecule has 8 heteroatoms. The molecule has 3 rings (SSSR count). The van der Waals surface area contributed by atoms with Gasteiger partial charge in [0, 0.05) is 15.9 Å². The lowest BCUT2D eigenvalue weighted by Crippen LogP contribution is -2.43. The maximum absolute atomic E-state index is 13.4. The van der Waals surface area contributed by atoms with Gasteiger partial charge in [0.2, 0.25) is 5.91 Å². The number of cyclic esters (lactones) is 1. The number of hydrogen-bond donors (Lipinski definition) is 0. The molecule has 1 aliphatic heterocycles. The highest BCUT2D eigenvalue weighted by Gasteiger charge is 2.44. The molecule has 0 bridgehead atoms. The van der Waals surface area contributed by atoms with Crippen molar-refractivity contribution in [1.29, 1.82) is 0 Å². The van der Waals surface area contributed by atoms with Crippen LogP contribution < -0.4 is 0 Å². The third-order valence-corrected chi connectivity index (χ3v) is 5.29. The smallest absolute Gasteiger partial charge is 0.417 e. The van der Waals surface area contributed by atoms with Crippen LogP contribution in [0.5, 0.6) is 0 Å². The number of carbonyl (C=O) groups excluding carboxylic acids is 2. The summed E-state index contributed by atoms with van der Waals surface area (Å²) in [6, 6.07) is 14.6. The summed E-state index contributed by atoms with van der Waals surface area (Å²) in [6.45, 7) is 3.93. The van der Waals surface area contributed by atoms with E-state index in [4.69, 9.17) is 21.9 Å². The molecule has 0 radical (unpaired) electrons. The molecule has 0 aliphatic carbocycles. The van der Waals surface area contributed by atoms with Crippen LogP contribution in [0.2, 0.25) is 5.02 Å². The number of carbonyl (C=O) groups is 2. The minimum atomic E-state index is -1.10. The van der Waals surface area contributed by atoms with Crippen molar-refractivity contribution in [3.05, 3.63) is 81.2 Å². The van der Waals surface area contributed by atoms with Crippen molar-refractivity contribution in [3.8, 4) is 0 Å². The standard InChI is InChI=1S/C21H21ClN4O3/c1-13(2)18(15-8-10-16(22)11-9-15)19(24-25-23)20(27)26-17(12-29-21(26)28)14-6-4-3-5-7-14/h3-11,13,17-19H,12H2,1-2H3/t17-,18-,19?/m1/s1. The Balaban J connectivity index is 2.00. The molecule has 1 aliphatic rings. The van der Waals surface area contributed by atoms with Crippen LogP contribution in [-0.4, -0.2) is 29.5 Å². The van der Waals surface area contributed by atoms with Crippen molar-refractivity contribution in [2.45, 2.75) is 31.8 Å². The highest BCUT2D eigenvalue weighted by molar-refractivity contribution is 6.30. The van der Waals surface area contributed by atoms with E-state index in [9.17, 15) is 9.59 Å². The van der Waals surface area contributed by atoms with E-state index < -0.39 is 30.0 Å². The predicted octanol–water partition coefficient (Wildman–Crippen LogP) is 5.48. The van der Waals surface area contributed by atoms with Gasteiger partial charge in [-0.05, 0) is 34.7 Å². The van der Waals surface area contributed by atoms with Gasteiger partial charge >= 0.3 is 6.09 Å². The average Bonchev–Trinajstić information content (AvgIpc) is 3.10. The summed E-state index contributed by atoms with van der Waals surface area (Å²) < 4.78 is 5.16. The van der Waals surface area contributed by atoms with Gasteiger partial charge in [0.25, 0.3) is 0 Å². The lowest BCUT2D eigenvalue weighted by Gasteiger charge is -2.30. The Morgan fingerprint density at radius 2 is 1.86 bits per heavy atom. The molecule has 150 valence electrons. The molecule has 1 saturated heterocycles. The third kappa shape index (κ3) is 4.36. The van der Waals surface area contributed by atoms with E-state index in [0.29, 0.717) is 5.02 Å². The fraction of sp³-hybridized carbons (Fsp3) is 0.333. The number of nitrogens with zero attached hydrogens (tertiary/aromatic N) is 4. The fourth-order valence-corrected chi connectivity index (χ4v) is 3.80. The van der Waals surface area contributed by atoms with Crippen molar-refractivity contribution in [3.63, 3.8) is 0 Å². The van der Waals surface area contributed by atoms with Crippen molar-refractivity contribution in [1.82, 2.24) is 4.90 Å². The van der Waals surface area contributed by atoms with E-state index in [-0.39, 0.29) is 12.5 Å². The predicted molar refractivity (Wildman–Crippen MR) is 109 cm³/mol. The zero-order valence-electron chi connectivity index (χ0n) is 16.1. The molecule has 0 aromatic heterocycles. The molecule has 1 heterocycles. The maximum atomic E-state index is 13.4. The Morgan fingerprint density at radius 1 is 1.21 bits per heavy atom. The number of amides is 2.